The number of carboxylic acids is 1. The normalized spacial score (nSPS) is 16.0. The van der Waals surface area contributed by atoms with Crippen LogP contribution in [0.25, 0.3) is 22.3 Å². The number of aliphatic carboxylic acids is 1. The van der Waals surface area contributed by atoms with Gasteiger partial charge < -0.3 is 14.3 Å². The molecule has 1 atom stereocenters. The van der Waals surface area contributed by atoms with E-state index in [2.05, 4.69) is 71.9 Å². The minimum atomic E-state index is -0.847. The zero-order valence-electron chi connectivity index (χ0n) is 25.2. The van der Waals surface area contributed by atoms with Crippen LogP contribution in [-0.2, 0) is 17.8 Å². The summed E-state index contributed by atoms with van der Waals surface area (Å²) in [6.45, 7) is 7.60. The van der Waals surface area contributed by atoms with Crippen LogP contribution in [0.3, 0.4) is 0 Å². The molecule has 0 bridgehead atoms. The molecule has 3 aromatic carbocycles. The number of rotatable bonds is 6. The lowest BCUT2D eigenvalue weighted by molar-refractivity contribution is -0.136. The predicted octanol–water partition coefficient (Wildman–Crippen LogP) is 7.93. The highest BCUT2D eigenvalue weighted by Crippen LogP contribution is 2.50. The third kappa shape index (κ3) is 5.31. The molecule has 1 fully saturated rings. The van der Waals surface area contributed by atoms with Crippen molar-refractivity contribution in [2.45, 2.75) is 59.0 Å². The van der Waals surface area contributed by atoms with Crippen molar-refractivity contribution in [1.82, 2.24) is 9.88 Å². The maximum absolute atomic E-state index is 14.2. The Morgan fingerprint density at radius 1 is 1.00 bits per heavy atom. The molecule has 4 aromatic rings. The van der Waals surface area contributed by atoms with Gasteiger partial charge >= 0.3 is 5.97 Å². The number of aromatic nitrogens is 1. The predicted molar refractivity (Wildman–Crippen MR) is 174 cm³/mol. The van der Waals surface area contributed by atoms with Gasteiger partial charge in [-0.15, -0.1) is 0 Å². The van der Waals surface area contributed by atoms with Crippen LogP contribution < -0.4 is 4.31 Å². The molecule has 6 rings (SSSR count). The second-order valence-corrected chi connectivity index (χ2v) is 12.5. The zero-order chi connectivity index (χ0) is 30.2. The van der Waals surface area contributed by atoms with Crippen LogP contribution in [-0.4, -0.2) is 39.7 Å². The van der Waals surface area contributed by atoms with E-state index in [4.69, 9.17) is 0 Å². The van der Waals surface area contributed by atoms with Crippen molar-refractivity contribution < 1.29 is 14.7 Å². The second-order valence-electron chi connectivity index (χ2n) is 11.7. The van der Waals surface area contributed by atoms with E-state index in [1.807, 2.05) is 30.2 Å². The first kappa shape index (κ1) is 29.0. The Hall–Kier alpha value is -4.10. The summed E-state index contributed by atoms with van der Waals surface area (Å²) in [7, 11) is 0. The number of carbonyl (C=O) groups is 2. The number of nitrogens with zero attached hydrogens (tertiary/aromatic N) is 3. The van der Waals surface area contributed by atoms with Crippen LogP contribution in [0.2, 0.25) is 0 Å². The summed E-state index contributed by atoms with van der Waals surface area (Å²) >= 11 is 1.64. The number of carboxylic acid groups (broad SMARTS) is 1. The second kappa shape index (κ2) is 11.9. The molecule has 6 nitrogen and oxygen atoms in total. The third-order valence-electron chi connectivity index (χ3n) is 9.01. The molecule has 1 N–H and O–H groups in total. The Labute approximate surface area is 257 Å². The van der Waals surface area contributed by atoms with Crippen LogP contribution >= 0.6 is 11.9 Å². The number of carbonyl (C=O) groups excluding carboxylic acids is 1. The van der Waals surface area contributed by atoms with E-state index in [1.165, 1.54) is 0 Å². The fraction of sp³-hybridized carbons (Fsp3) is 0.306. The number of fused-ring (bicyclic) bond motifs is 3. The molecular weight excluding hydrogens is 554 g/mol. The van der Waals surface area contributed by atoms with Crippen LogP contribution in [0.4, 0.5) is 5.69 Å². The first-order valence-electron chi connectivity index (χ1n) is 14.9. The highest BCUT2D eigenvalue weighted by Gasteiger charge is 2.33. The molecule has 0 spiro atoms. The van der Waals surface area contributed by atoms with Crippen LogP contribution in [0.15, 0.2) is 67.0 Å². The van der Waals surface area contributed by atoms with Crippen molar-refractivity contribution in [2.24, 2.45) is 0 Å². The number of hydrogen-bond donors (Lipinski definition) is 1. The summed E-state index contributed by atoms with van der Waals surface area (Å²) in [6.07, 6.45) is 8.66. The first-order chi connectivity index (χ1) is 20.8. The molecule has 3 heterocycles. The van der Waals surface area contributed by atoms with Gasteiger partial charge in [0.1, 0.15) is 0 Å². The largest absolute Gasteiger partial charge is 0.481 e. The van der Waals surface area contributed by atoms with E-state index in [9.17, 15) is 14.7 Å². The maximum Gasteiger partial charge on any atom is 0.307 e. The summed E-state index contributed by atoms with van der Waals surface area (Å²) in [5.41, 5.74) is 12.1. The van der Waals surface area contributed by atoms with Gasteiger partial charge in [0, 0.05) is 36.3 Å². The van der Waals surface area contributed by atoms with Gasteiger partial charge in [-0.25, -0.2) is 0 Å². The number of piperidine rings is 1. The number of hydrogen-bond acceptors (Lipinski definition) is 5. The Kier molecular flexibility index (Phi) is 8.01. The summed E-state index contributed by atoms with van der Waals surface area (Å²) in [5, 5.41) is 9.94. The number of anilines is 1. The van der Waals surface area contributed by atoms with Crippen molar-refractivity contribution in [3.05, 3.63) is 106 Å². The van der Waals surface area contributed by atoms with Crippen molar-refractivity contribution in [1.29, 1.82) is 0 Å². The summed E-state index contributed by atoms with van der Waals surface area (Å²) in [4.78, 5) is 32.6. The molecule has 2 aliphatic rings. The molecule has 7 heteroatoms. The molecule has 43 heavy (non-hydrogen) atoms. The fourth-order valence-corrected chi connectivity index (χ4v) is 7.58. The molecule has 0 saturated carbocycles. The summed E-state index contributed by atoms with van der Waals surface area (Å²) < 4.78 is 2.26. The van der Waals surface area contributed by atoms with Crippen molar-refractivity contribution >= 4 is 29.5 Å². The minimum absolute atomic E-state index is 0.0148. The number of amides is 1. The molecular formula is C36H37N3O3S. The molecule has 1 amide bonds. The average Bonchev–Trinajstić information content (AvgIpc) is 3.03. The van der Waals surface area contributed by atoms with E-state index in [-0.39, 0.29) is 18.4 Å². The lowest BCUT2D eigenvalue weighted by Gasteiger charge is -2.37. The Balaban J connectivity index is 1.52. The number of aryl methyl sites for hydroxylation is 1. The number of benzene rings is 3. The Morgan fingerprint density at radius 3 is 2.49 bits per heavy atom. The van der Waals surface area contributed by atoms with E-state index >= 15 is 0 Å². The smallest absolute Gasteiger partial charge is 0.307 e. The van der Waals surface area contributed by atoms with Crippen molar-refractivity contribution in [3.8, 4) is 22.3 Å². The van der Waals surface area contributed by atoms with Gasteiger partial charge in [0.15, 0.2) is 0 Å². The quantitative estimate of drug-likeness (QED) is 0.230. The van der Waals surface area contributed by atoms with E-state index in [0.717, 1.165) is 87.1 Å². The molecule has 0 aliphatic carbocycles. The lowest BCUT2D eigenvalue weighted by atomic mass is 9.80. The maximum atomic E-state index is 14.2. The SMILES string of the molecule is CSN1Cc2ccc(C(=O)N3CCCC[C@H]3c3cccnc3)cc2-c2c(C)c(-c3ccc(C)cc3)c(CC(=O)O)c(C)c21. The lowest BCUT2D eigenvalue weighted by Crippen LogP contribution is -2.38. The van der Waals surface area contributed by atoms with E-state index in [1.54, 1.807) is 18.1 Å². The minimum Gasteiger partial charge on any atom is -0.481 e. The highest BCUT2D eigenvalue weighted by molar-refractivity contribution is 7.99. The monoisotopic (exact) mass is 591 g/mol. The summed E-state index contributed by atoms with van der Waals surface area (Å²) in [6, 6.07) is 18.5. The number of likely N-dealkylation sites (tertiary alicyclic amines) is 1. The Bertz CT molecular complexity index is 1700. The van der Waals surface area contributed by atoms with Crippen molar-refractivity contribution in [2.75, 3.05) is 17.1 Å². The topological polar surface area (TPSA) is 73.7 Å². The average molecular weight is 592 g/mol. The third-order valence-corrected chi connectivity index (χ3v) is 9.76. The van der Waals surface area contributed by atoms with Gasteiger partial charge in [-0.1, -0.05) is 53.9 Å². The first-order valence-corrected chi connectivity index (χ1v) is 16.1. The Morgan fingerprint density at radius 2 is 1.79 bits per heavy atom. The van der Waals surface area contributed by atoms with Crippen LogP contribution in [0, 0.1) is 20.8 Å². The molecule has 220 valence electrons. The van der Waals surface area contributed by atoms with Crippen molar-refractivity contribution in [3.63, 3.8) is 0 Å². The molecule has 1 saturated heterocycles. The van der Waals surface area contributed by atoms with Crippen LogP contribution in [0.5, 0.6) is 0 Å². The van der Waals surface area contributed by atoms with E-state index in [0.29, 0.717) is 12.1 Å². The molecule has 1 aromatic heterocycles. The number of pyridine rings is 1. The van der Waals surface area contributed by atoms with Gasteiger partial charge in [-0.2, -0.15) is 0 Å². The molecule has 0 radical (unpaired) electrons. The van der Waals surface area contributed by atoms with E-state index < -0.39 is 5.97 Å². The van der Waals surface area contributed by atoms with Gasteiger partial charge in [0.2, 0.25) is 0 Å². The van der Waals surface area contributed by atoms with Gasteiger partial charge in [-0.3, -0.25) is 14.6 Å². The van der Waals surface area contributed by atoms with Gasteiger partial charge in [-0.05, 0) is 103 Å². The molecule has 0 unspecified atom stereocenters. The van der Waals surface area contributed by atoms with Crippen LogP contribution in [0.1, 0.15) is 69.0 Å². The fourth-order valence-electron chi connectivity index (χ4n) is 6.90. The molecule has 2 aliphatic heterocycles. The van der Waals surface area contributed by atoms with Gasteiger partial charge in [0.05, 0.1) is 24.7 Å². The van der Waals surface area contributed by atoms with Gasteiger partial charge in [0.25, 0.3) is 5.91 Å². The highest BCUT2D eigenvalue weighted by atomic mass is 32.2. The summed E-state index contributed by atoms with van der Waals surface area (Å²) in [5.74, 6) is -0.805. The standard InChI is InChI=1S/C36H37N3O3S/c1-22-10-12-25(13-11-22)33-24(3)34-30-18-26(36(42)38-17-6-5-9-31(38)27-8-7-16-37-20-27)14-15-28(30)21-39(43-4)35(34)23(2)29(33)19-32(40)41/h7-8,10-16,18,20,31H,5-6,9,17,19,21H2,1-4H3,(H,40,41)/t31-/m0/s1. The zero-order valence-corrected chi connectivity index (χ0v) is 26.0.